The fourth-order valence-corrected chi connectivity index (χ4v) is 1.72. The Morgan fingerprint density at radius 2 is 1.44 bits per heavy atom. The van der Waals surface area contributed by atoms with E-state index in [2.05, 4.69) is 13.8 Å². The summed E-state index contributed by atoms with van der Waals surface area (Å²) in [6.45, 7) is 7.87. The number of carbonyl (C=O) groups is 2. The molecule has 0 rings (SSSR count). The summed E-state index contributed by atoms with van der Waals surface area (Å²) in [6, 6.07) is 0. The van der Waals surface area contributed by atoms with E-state index in [-0.39, 0.29) is 5.92 Å². The van der Waals surface area contributed by atoms with Crippen LogP contribution in [0.3, 0.4) is 0 Å². The third kappa shape index (κ3) is 4.90. The highest BCUT2D eigenvalue weighted by Crippen LogP contribution is 2.23. The number of ether oxygens (including phenoxy) is 2. The van der Waals surface area contributed by atoms with Crippen LogP contribution in [0.2, 0.25) is 0 Å². The maximum absolute atomic E-state index is 11.8. The molecule has 0 aliphatic carbocycles. The van der Waals surface area contributed by atoms with Gasteiger partial charge >= 0.3 is 11.9 Å². The van der Waals surface area contributed by atoms with E-state index >= 15 is 0 Å². The second kappa shape index (κ2) is 7.90. The van der Waals surface area contributed by atoms with Crippen molar-refractivity contribution in [1.29, 1.82) is 0 Å². The fourth-order valence-electron chi connectivity index (χ4n) is 1.72. The van der Waals surface area contributed by atoms with E-state index in [4.69, 9.17) is 9.47 Å². The molecule has 4 heteroatoms. The summed E-state index contributed by atoms with van der Waals surface area (Å²) < 4.78 is 9.52. The van der Waals surface area contributed by atoms with Gasteiger partial charge in [0.1, 0.15) is 0 Å². The van der Waals surface area contributed by atoms with Crippen LogP contribution in [0.5, 0.6) is 0 Å². The Labute approximate surface area is 109 Å². The van der Waals surface area contributed by atoms with Crippen molar-refractivity contribution in [3.8, 4) is 0 Å². The zero-order valence-corrected chi connectivity index (χ0v) is 12.2. The van der Waals surface area contributed by atoms with Gasteiger partial charge in [-0.1, -0.05) is 27.7 Å². The smallest absolute Gasteiger partial charge is 0.334 e. The number of hydrogen-bond donors (Lipinski definition) is 0. The third-order valence-corrected chi connectivity index (χ3v) is 2.71. The minimum absolute atomic E-state index is 0.0706. The van der Waals surface area contributed by atoms with Gasteiger partial charge in [0.25, 0.3) is 0 Å². The summed E-state index contributed by atoms with van der Waals surface area (Å²) in [5, 5.41) is 0. The predicted octanol–water partition coefficient (Wildman–Crippen LogP) is 2.72. The van der Waals surface area contributed by atoms with Gasteiger partial charge in [-0.15, -0.1) is 0 Å². The highest BCUT2D eigenvalue weighted by atomic mass is 16.5. The zero-order chi connectivity index (χ0) is 14.3. The average Bonchev–Trinajstić information content (AvgIpc) is 2.31. The van der Waals surface area contributed by atoms with Gasteiger partial charge in [0.2, 0.25) is 0 Å². The van der Waals surface area contributed by atoms with Crippen molar-refractivity contribution in [1.82, 2.24) is 0 Å². The molecule has 0 aromatic carbocycles. The van der Waals surface area contributed by atoms with Crippen LogP contribution in [-0.2, 0) is 19.1 Å². The summed E-state index contributed by atoms with van der Waals surface area (Å²) in [7, 11) is 2.65. The Morgan fingerprint density at radius 3 is 1.78 bits per heavy atom. The predicted molar refractivity (Wildman–Crippen MR) is 70.0 cm³/mol. The molecule has 4 nitrogen and oxygen atoms in total. The van der Waals surface area contributed by atoms with Gasteiger partial charge in [-0.05, 0) is 24.7 Å². The minimum atomic E-state index is -0.450. The van der Waals surface area contributed by atoms with Gasteiger partial charge < -0.3 is 9.47 Å². The van der Waals surface area contributed by atoms with Crippen molar-refractivity contribution in [2.24, 2.45) is 11.8 Å². The molecule has 0 saturated carbocycles. The molecule has 104 valence electrons. The van der Waals surface area contributed by atoms with Crippen LogP contribution >= 0.6 is 0 Å². The topological polar surface area (TPSA) is 52.6 Å². The van der Waals surface area contributed by atoms with Gasteiger partial charge in [-0.25, -0.2) is 9.59 Å². The number of methoxy groups -OCH3 is 2. The maximum atomic E-state index is 11.8. The lowest BCUT2D eigenvalue weighted by Crippen LogP contribution is -2.19. The summed E-state index contributed by atoms with van der Waals surface area (Å²) in [6.07, 6.45) is 1.37. The normalized spacial score (nSPS) is 12.4. The summed E-state index contributed by atoms with van der Waals surface area (Å²) in [4.78, 5) is 23.6. The highest BCUT2D eigenvalue weighted by Gasteiger charge is 2.24. The zero-order valence-electron chi connectivity index (χ0n) is 12.2. The molecule has 0 N–H and O–H groups in total. The molecule has 0 fully saturated rings. The molecule has 0 radical (unpaired) electrons. The van der Waals surface area contributed by atoms with Crippen molar-refractivity contribution in [2.45, 2.75) is 40.5 Å². The summed E-state index contributed by atoms with van der Waals surface area (Å²) in [5.74, 6) is -0.506. The Kier molecular flexibility index (Phi) is 7.32. The first-order chi connectivity index (χ1) is 8.34. The Hall–Kier alpha value is -1.32. The maximum Gasteiger partial charge on any atom is 0.334 e. The van der Waals surface area contributed by atoms with Crippen molar-refractivity contribution in [3.05, 3.63) is 11.1 Å². The SMILES string of the molecule is COC(=O)C(CCC(C)C)=C(C(=O)OC)C(C)C. The molecular formula is C14H24O4. The van der Waals surface area contributed by atoms with Gasteiger partial charge in [0.05, 0.1) is 19.8 Å². The number of carbonyl (C=O) groups excluding carboxylic acids is 2. The van der Waals surface area contributed by atoms with Gasteiger partial charge in [0, 0.05) is 5.57 Å². The number of rotatable bonds is 6. The largest absolute Gasteiger partial charge is 0.466 e. The van der Waals surface area contributed by atoms with Crippen LogP contribution in [0, 0.1) is 11.8 Å². The lowest BCUT2D eigenvalue weighted by atomic mass is 9.92. The highest BCUT2D eigenvalue weighted by molar-refractivity contribution is 6.00. The van der Waals surface area contributed by atoms with E-state index in [1.165, 1.54) is 14.2 Å². The average molecular weight is 256 g/mol. The first-order valence-electron chi connectivity index (χ1n) is 6.24. The number of hydrogen-bond acceptors (Lipinski definition) is 4. The Bertz CT molecular complexity index is 327. The van der Waals surface area contributed by atoms with Crippen molar-refractivity contribution in [3.63, 3.8) is 0 Å². The Morgan fingerprint density at radius 1 is 0.944 bits per heavy atom. The van der Waals surface area contributed by atoms with E-state index < -0.39 is 11.9 Å². The van der Waals surface area contributed by atoms with Crippen LogP contribution in [0.4, 0.5) is 0 Å². The molecule has 0 aromatic rings. The van der Waals surface area contributed by atoms with Crippen LogP contribution < -0.4 is 0 Å². The van der Waals surface area contributed by atoms with E-state index in [1.54, 1.807) is 0 Å². The second-order valence-electron chi connectivity index (χ2n) is 4.96. The van der Waals surface area contributed by atoms with Crippen molar-refractivity contribution in [2.75, 3.05) is 14.2 Å². The standard InChI is InChI=1S/C14H24O4/c1-9(2)7-8-11(13(15)17-5)12(10(3)4)14(16)18-6/h9-10H,7-8H2,1-6H3. The molecular weight excluding hydrogens is 232 g/mol. The molecule has 0 bridgehead atoms. The molecule has 0 aliphatic heterocycles. The summed E-state index contributed by atoms with van der Waals surface area (Å²) >= 11 is 0. The van der Waals surface area contributed by atoms with E-state index in [1.807, 2.05) is 13.8 Å². The quantitative estimate of drug-likeness (QED) is 0.541. The van der Waals surface area contributed by atoms with Gasteiger partial charge in [0.15, 0.2) is 0 Å². The summed E-state index contributed by atoms with van der Waals surface area (Å²) in [5.41, 5.74) is 0.859. The molecule has 0 unspecified atom stereocenters. The molecule has 0 atom stereocenters. The molecule has 0 amide bonds. The molecule has 18 heavy (non-hydrogen) atoms. The third-order valence-electron chi connectivity index (χ3n) is 2.71. The lowest BCUT2D eigenvalue weighted by molar-refractivity contribution is -0.139. The first kappa shape index (κ1) is 16.7. The minimum Gasteiger partial charge on any atom is -0.466 e. The van der Waals surface area contributed by atoms with E-state index in [0.29, 0.717) is 23.5 Å². The molecule has 0 spiro atoms. The number of esters is 2. The van der Waals surface area contributed by atoms with E-state index in [0.717, 1.165) is 6.42 Å². The van der Waals surface area contributed by atoms with Crippen LogP contribution in [0.1, 0.15) is 40.5 Å². The first-order valence-corrected chi connectivity index (χ1v) is 6.24. The lowest BCUT2D eigenvalue weighted by Gasteiger charge is -2.16. The van der Waals surface area contributed by atoms with Gasteiger partial charge in [-0.2, -0.15) is 0 Å². The monoisotopic (exact) mass is 256 g/mol. The van der Waals surface area contributed by atoms with E-state index in [9.17, 15) is 9.59 Å². The Balaban J connectivity index is 5.41. The second-order valence-corrected chi connectivity index (χ2v) is 4.96. The van der Waals surface area contributed by atoms with Crippen LogP contribution in [0.25, 0.3) is 0 Å². The molecule has 0 heterocycles. The van der Waals surface area contributed by atoms with Gasteiger partial charge in [-0.3, -0.25) is 0 Å². The molecule has 0 aliphatic rings. The van der Waals surface area contributed by atoms with Crippen molar-refractivity contribution >= 4 is 11.9 Å². The van der Waals surface area contributed by atoms with Crippen LogP contribution in [-0.4, -0.2) is 26.2 Å². The van der Waals surface area contributed by atoms with Crippen molar-refractivity contribution < 1.29 is 19.1 Å². The fraction of sp³-hybridized carbons (Fsp3) is 0.714. The molecule has 0 aromatic heterocycles. The van der Waals surface area contributed by atoms with Crippen LogP contribution in [0.15, 0.2) is 11.1 Å². The molecule has 0 saturated heterocycles.